The lowest BCUT2D eigenvalue weighted by atomic mass is 9.45. The Morgan fingerprint density at radius 1 is 1.18 bits per heavy atom. The molecule has 7 rings (SSSR count). The number of pyridine rings is 2. The molecule has 3 aliphatic carbocycles. The molecule has 0 saturated heterocycles. The molecule has 3 atom stereocenters. The highest BCUT2D eigenvalue weighted by molar-refractivity contribution is 8.23. The van der Waals surface area contributed by atoms with E-state index in [4.69, 9.17) is 0 Å². The van der Waals surface area contributed by atoms with Crippen molar-refractivity contribution in [2.45, 2.75) is 44.6 Å². The molecule has 4 N–H and O–H groups in total. The molecule has 2 bridgehead atoms. The van der Waals surface area contributed by atoms with Gasteiger partial charge in [-0.25, -0.2) is 4.98 Å². The van der Waals surface area contributed by atoms with Gasteiger partial charge in [-0.1, -0.05) is 36.8 Å². The third kappa shape index (κ3) is 3.03. The maximum absolute atomic E-state index is 13.9. The molecule has 0 spiro atoms. The van der Waals surface area contributed by atoms with Gasteiger partial charge in [-0.05, 0) is 66.7 Å². The van der Waals surface area contributed by atoms with Crippen LogP contribution in [-0.4, -0.2) is 29.6 Å². The van der Waals surface area contributed by atoms with Crippen molar-refractivity contribution in [2.75, 3.05) is 5.32 Å². The van der Waals surface area contributed by atoms with Crippen molar-refractivity contribution >= 4 is 33.3 Å². The molecule has 3 fully saturated rings. The minimum absolute atomic E-state index is 0.0478. The van der Waals surface area contributed by atoms with E-state index < -0.39 is 16.3 Å². The molecule has 0 radical (unpaired) electrons. The molecule has 34 heavy (non-hydrogen) atoms. The van der Waals surface area contributed by atoms with E-state index in [0.717, 1.165) is 18.8 Å². The average molecular weight is 481 g/mol. The van der Waals surface area contributed by atoms with Crippen molar-refractivity contribution in [3.63, 3.8) is 0 Å². The predicted octanol–water partition coefficient (Wildman–Crippen LogP) is 5.07. The Balaban J connectivity index is 1.51. The summed E-state index contributed by atoms with van der Waals surface area (Å²) in [6, 6.07) is 10.1. The summed E-state index contributed by atoms with van der Waals surface area (Å²) in [6.07, 6.45) is 5.02. The number of amidine groups is 1. The zero-order chi connectivity index (χ0) is 23.8. The van der Waals surface area contributed by atoms with E-state index in [9.17, 15) is 19.0 Å². The third-order valence-corrected chi connectivity index (χ3v) is 9.69. The van der Waals surface area contributed by atoms with Gasteiger partial charge >= 0.3 is 0 Å². The highest BCUT2D eigenvalue weighted by atomic mass is 32.3. The molecule has 2 aromatic heterocycles. The normalized spacial score (nSPS) is 27.2. The Bertz CT molecular complexity index is 1410. The minimum Gasteiger partial charge on any atom is -0.506 e. The van der Waals surface area contributed by atoms with Gasteiger partial charge in [0.15, 0.2) is 5.84 Å². The van der Waals surface area contributed by atoms with Crippen molar-refractivity contribution in [3.8, 4) is 5.75 Å². The number of aromatic nitrogens is 2. The second-order valence-electron chi connectivity index (χ2n) is 10.3. The first-order chi connectivity index (χ1) is 16.2. The van der Waals surface area contributed by atoms with Gasteiger partial charge in [0.2, 0.25) is 0 Å². The summed E-state index contributed by atoms with van der Waals surface area (Å²) in [7, 11) is -3.53. The largest absolute Gasteiger partial charge is 0.506 e. The molecule has 178 valence electrons. The molecule has 0 amide bonds. The number of fused-ring (bicyclic) bond motifs is 4. The van der Waals surface area contributed by atoms with Crippen LogP contribution in [0.2, 0.25) is 0 Å². The molecule has 4 aliphatic rings. The Labute approximate surface area is 198 Å². The molecule has 8 nitrogen and oxygen atoms in total. The second kappa shape index (κ2) is 7.31. The maximum Gasteiger partial charge on any atom is 0.267 e. The van der Waals surface area contributed by atoms with Gasteiger partial charge in [0, 0.05) is 12.7 Å². The summed E-state index contributed by atoms with van der Waals surface area (Å²) in [5.41, 5.74) is 0.626. The van der Waals surface area contributed by atoms with Crippen molar-refractivity contribution in [1.82, 2.24) is 9.55 Å². The zero-order valence-electron chi connectivity index (χ0n) is 19.1. The van der Waals surface area contributed by atoms with Gasteiger partial charge in [-0.15, -0.1) is 4.40 Å². The van der Waals surface area contributed by atoms with Crippen molar-refractivity contribution < 1.29 is 14.2 Å². The fraction of sp³-hybridized carbons (Fsp3) is 0.400. The molecule has 3 heterocycles. The van der Waals surface area contributed by atoms with Crippen molar-refractivity contribution in [2.24, 2.45) is 27.6 Å². The summed E-state index contributed by atoms with van der Waals surface area (Å²) in [5.74, 6) is 1.31. The number of anilines is 1. The average Bonchev–Trinajstić information content (AvgIpc) is 2.81. The van der Waals surface area contributed by atoms with E-state index >= 15 is 0 Å². The fourth-order valence-corrected chi connectivity index (χ4v) is 7.47. The lowest BCUT2D eigenvalue weighted by Crippen LogP contribution is -2.53. The highest BCUT2D eigenvalue weighted by Gasteiger charge is 2.54. The van der Waals surface area contributed by atoms with Crippen LogP contribution in [0.3, 0.4) is 0 Å². The van der Waals surface area contributed by atoms with Crippen LogP contribution in [0.15, 0.2) is 56.7 Å². The number of para-hydroxylation sites is 1. The van der Waals surface area contributed by atoms with E-state index in [1.54, 1.807) is 47.2 Å². The van der Waals surface area contributed by atoms with Crippen molar-refractivity contribution in [3.05, 3.63) is 58.5 Å². The van der Waals surface area contributed by atoms with E-state index in [1.807, 2.05) is 0 Å². The topological polar surface area (TPSA) is 120 Å². The van der Waals surface area contributed by atoms with Crippen LogP contribution in [0, 0.1) is 23.2 Å². The number of nitrogens with one attached hydrogen (secondary N) is 1. The fourth-order valence-electron chi connectivity index (χ4n) is 6.31. The van der Waals surface area contributed by atoms with Gasteiger partial charge < -0.3 is 10.4 Å². The Morgan fingerprint density at radius 2 is 1.97 bits per heavy atom. The quantitative estimate of drug-likeness (QED) is 0.415. The van der Waals surface area contributed by atoms with Crippen molar-refractivity contribution in [1.29, 1.82) is 0 Å². The van der Waals surface area contributed by atoms with Crippen LogP contribution in [-0.2, 0) is 6.54 Å². The monoisotopic (exact) mass is 480 g/mol. The van der Waals surface area contributed by atoms with E-state index in [-0.39, 0.29) is 27.5 Å². The summed E-state index contributed by atoms with van der Waals surface area (Å²) in [4.78, 5) is 18.6. The Morgan fingerprint density at radius 3 is 2.74 bits per heavy atom. The lowest BCUT2D eigenvalue weighted by Gasteiger charge is -2.60. The molecule has 9 heteroatoms. The molecule has 0 unspecified atom stereocenters. The molecule has 1 aliphatic heterocycles. The SMILES string of the molecule is CC1(C)[C@H]2CC[C@@H](Cn3c(=O)c(C4=NS(O)(O)c5ccccc5N4)c(O)c4cccnc43)[C@@H]1C2. The summed E-state index contributed by atoms with van der Waals surface area (Å²) in [5, 5.41) is 14.6. The summed E-state index contributed by atoms with van der Waals surface area (Å²) in [6.45, 7) is 5.14. The molecule has 3 saturated carbocycles. The minimum atomic E-state index is -3.53. The third-order valence-electron chi connectivity index (χ3n) is 8.30. The van der Waals surface area contributed by atoms with Crippen LogP contribution in [0.5, 0.6) is 5.75 Å². The van der Waals surface area contributed by atoms with Crippen LogP contribution < -0.4 is 10.9 Å². The molecule has 1 aromatic carbocycles. The Hall–Kier alpha value is -2.88. The van der Waals surface area contributed by atoms with Gasteiger partial charge in [0.25, 0.3) is 5.56 Å². The second-order valence-corrected chi connectivity index (χ2v) is 12.0. The molecular formula is C25H28N4O4S. The number of aromatic hydroxyl groups is 1. The first kappa shape index (κ1) is 21.6. The summed E-state index contributed by atoms with van der Waals surface area (Å²) < 4.78 is 27.1. The number of rotatable bonds is 3. The van der Waals surface area contributed by atoms with E-state index in [1.165, 1.54) is 6.42 Å². The van der Waals surface area contributed by atoms with Crippen LogP contribution in [0.1, 0.15) is 38.7 Å². The van der Waals surface area contributed by atoms with Crippen LogP contribution >= 0.6 is 10.8 Å². The maximum atomic E-state index is 13.9. The van der Waals surface area contributed by atoms with Crippen LogP contribution in [0.4, 0.5) is 5.69 Å². The number of nitrogens with zero attached hydrogens (tertiary/aromatic N) is 3. The lowest BCUT2D eigenvalue weighted by molar-refractivity contribution is -0.108. The summed E-state index contributed by atoms with van der Waals surface area (Å²) >= 11 is 0. The van der Waals surface area contributed by atoms with E-state index in [0.29, 0.717) is 35.1 Å². The van der Waals surface area contributed by atoms with E-state index in [2.05, 4.69) is 28.5 Å². The molecular weight excluding hydrogens is 452 g/mol. The van der Waals surface area contributed by atoms with Gasteiger partial charge in [0.05, 0.1) is 11.1 Å². The zero-order valence-corrected chi connectivity index (χ0v) is 19.9. The standard InChI is InChI=1S/C25H28N4O4S/c1-25(2)15-10-9-14(17(25)12-15)13-29-23-16(6-5-11-26-23)21(30)20(24(29)31)22-27-18-7-3-4-8-19(18)34(32,33)28-22/h3-8,11,14-15,17,30,32-33H,9-10,12-13H2,1-2H3,(H,27,28)/t14-,15-,17-/m0/s1. The number of hydrogen-bond donors (Lipinski definition) is 4. The van der Waals surface area contributed by atoms with Crippen LogP contribution in [0.25, 0.3) is 11.0 Å². The number of benzene rings is 1. The molecule has 3 aromatic rings. The Kier molecular flexibility index (Phi) is 4.65. The number of hydrogen-bond acceptors (Lipinski definition) is 7. The highest BCUT2D eigenvalue weighted by Crippen LogP contribution is 2.61. The van der Waals surface area contributed by atoms with Gasteiger partial charge in [-0.3, -0.25) is 18.5 Å². The first-order valence-electron chi connectivity index (χ1n) is 11.6. The van der Waals surface area contributed by atoms with Gasteiger partial charge in [-0.2, -0.15) is 0 Å². The predicted molar refractivity (Wildman–Crippen MR) is 133 cm³/mol. The first-order valence-corrected chi connectivity index (χ1v) is 13.1. The van der Waals surface area contributed by atoms with Gasteiger partial charge in [0.1, 0.15) is 21.9 Å². The smallest absolute Gasteiger partial charge is 0.267 e.